The lowest BCUT2D eigenvalue weighted by molar-refractivity contribution is -0.160. The maximum atomic E-state index is 12.2. The molecule has 5 nitrogen and oxygen atoms in total. The number of thioether (sulfide) groups is 2. The number of amides is 1. The minimum Gasteiger partial charge on any atom is -0.477 e. The van der Waals surface area contributed by atoms with Crippen molar-refractivity contribution in [1.82, 2.24) is 4.90 Å². The molecule has 3 aliphatic heterocycles. The van der Waals surface area contributed by atoms with Crippen molar-refractivity contribution in [2.24, 2.45) is 5.92 Å². The van der Waals surface area contributed by atoms with E-state index in [4.69, 9.17) is 0 Å². The van der Waals surface area contributed by atoms with Crippen molar-refractivity contribution in [3.8, 4) is 0 Å². The number of carbonyl (C=O) groups excluding carboxylic acids is 1. The van der Waals surface area contributed by atoms with Gasteiger partial charge in [-0.2, -0.15) is 23.5 Å². The topological polar surface area (TPSA) is 77.8 Å². The quantitative estimate of drug-likeness (QED) is 0.750. The Labute approximate surface area is 125 Å². The Morgan fingerprint density at radius 2 is 2.25 bits per heavy atom. The molecule has 3 aliphatic rings. The second kappa shape index (κ2) is 4.96. The van der Waals surface area contributed by atoms with Gasteiger partial charge in [-0.05, 0) is 30.9 Å². The highest BCUT2D eigenvalue weighted by atomic mass is 32.2. The fourth-order valence-corrected chi connectivity index (χ4v) is 6.19. The van der Waals surface area contributed by atoms with Gasteiger partial charge in [-0.1, -0.05) is 0 Å². The molecule has 5 atom stereocenters. The maximum absolute atomic E-state index is 12.2. The Bertz CT molecular complexity index is 505. The third-order valence-corrected chi connectivity index (χ3v) is 6.77. The number of rotatable bonds is 3. The van der Waals surface area contributed by atoms with Crippen LogP contribution in [0.5, 0.6) is 0 Å². The summed E-state index contributed by atoms with van der Waals surface area (Å²) < 4.78 is 0. The Hall–Kier alpha value is -0.660. The Morgan fingerprint density at radius 1 is 1.55 bits per heavy atom. The molecule has 0 aliphatic carbocycles. The SMILES string of the molecule is CS[C@H]1CCS[C@H]2C1=C(C(=O)O)N1C(=O)[C@H]([C@@H](C)O)[C@@H]21. The standard InChI is InChI=1S/C13H17NO4S2/c1-5(15)7-9-11-8(6(19-2)3-4-20-11)10(13(17)18)14(9)12(7)16/h5-7,9,11,15H,3-4H2,1-2H3,(H,17,18)/t5-,6+,7-,9+,11+/m1/s1. The fourth-order valence-electron chi connectivity index (χ4n) is 3.52. The molecule has 0 radical (unpaired) electrons. The summed E-state index contributed by atoms with van der Waals surface area (Å²) in [4.78, 5) is 25.2. The summed E-state index contributed by atoms with van der Waals surface area (Å²) in [5.74, 6) is -0.756. The van der Waals surface area contributed by atoms with Crippen molar-refractivity contribution in [1.29, 1.82) is 0 Å². The maximum Gasteiger partial charge on any atom is 0.352 e. The summed E-state index contributed by atoms with van der Waals surface area (Å²) >= 11 is 3.37. The van der Waals surface area contributed by atoms with Gasteiger partial charge in [-0.25, -0.2) is 4.79 Å². The van der Waals surface area contributed by atoms with E-state index in [0.29, 0.717) is 0 Å². The summed E-state index contributed by atoms with van der Waals surface area (Å²) in [7, 11) is 0. The first-order chi connectivity index (χ1) is 9.49. The summed E-state index contributed by atoms with van der Waals surface area (Å²) in [5.41, 5.74) is 1.07. The molecular weight excluding hydrogens is 298 g/mol. The summed E-state index contributed by atoms with van der Waals surface area (Å²) in [6, 6.07) is -0.177. The van der Waals surface area contributed by atoms with Crippen LogP contribution < -0.4 is 0 Å². The zero-order valence-corrected chi connectivity index (χ0v) is 12.9. The first-order valence-electron chi connectivity index (χ1n) is 6.62. The van der Waals surface area contributed by atoms with Crippen LogP contribution in [0.25, 0.3) is 0 Å². The number of aliphatic carboxylic acids is 1. The Morgan fingerprint density at radius 3 is 2.80 bits per heavy atom. The second-order valence-corrected chi connectivity index (χ2v) is 7.67. The van der Waals surface area contributed by atoms with E-state index >= 15 is 0 Å². The van der Waals surface area contributed by atoms with Crippen molar-refractivity contribution < 1.29 is 19.8 Å². The van der Waals surface area contributed by atoms with Gasteiger partial charge < -0.3 is 15.1 Å². The van der Waals surface area contributed by atoms with E-state index in [0.717, 1.165) is 17.7 Å². The first kappa shape index (κ1) is 14.3. The number of nitrogens with zero attached hydrogens (tertiary/aromatic N) is 1. The van der Waals surface area contributed by atoms with E-state index in [1.165, 1.54) is 4.90 Å². The third kappa shape index (κ3) is 1.76. The van der Waals surface area contributed by atoms with Crippen molar-refractivity contribution in [3.05, 3.63) is 11.3 Å². The number of fused-ring (bicyclic) bond motifs is 3. The second-order valence-electron chi connectivity index (χ2n) is 5.38. The fraction of sp³-hybridized carbons (Fsp3) is 0.692. The number of carboxylic acids is 1. The zero-order chi connectivity index (χ0) is 14.6. The van der Waals surface area contributed by atoms with Crippen LogP contribution >= 0.6 is 23.5 Å². The van der Waals surface area contributed by atoms with Crippen molar-refractivity contribution in [2.75, 3.05) is 12.0 Å². The van der Waals surface area contributed by atoms with Crippen molar-refractivity contribution >= 4 is 35.4 Å². The van der Waals surface area contributed by atoms with Crippen LogP contribution in [0.15, 0.2) is 11.3 Å². The molecule has 0 aromatic heterocycles. The summed E-state index contributed by atoms with van der Waals surface area (Å²) in [5, 5.41) is 19.5. The highest BCUT2D eigenvalue weighted by molar-refractivity contribution is 8.01. The van der Waals surface area contributed by atoms with Gasteiger partial charge in [0.1, 0.15) is 5.70 Å². The van der Waals surface area contributed by atoms with Gasteiger partial charge >= 0.3 is 5.97 Å². The van der Waals surface area contributed by atoms with Crippen LogP contribution in [0.2, 0.25) is 0 Å². The zero-order valence-electron chi connectivity index (χ0n) is 11.3. The highest BCUT2D eigenvalue weighted by Crippen LogP contribution is 2.53. The Kier molecular flexibility index (Phi) is 3.54. The van der Waals surface area contributed by atoms with Crippen LogP contribution in [0.4, 0.5) is 0 Å². The minimum atomic E-state index is -1.02. The van der Waals surface area contributed by atoms with E-state index < -0.39 is 18.0 Å². The van der Waals surface area contributed by atoms with Gasteiger partial charge in [0.15, 0.2) is 0 Å². The number of β-lactam (4-membered cyclic amide) rings is 1. The Balaban J connectivity index is 2.04. The number of aliphatic hydroxyl groups excluding tert-OH is 1. The molecule has 0 spiro atoms. The predicted molar refractivity (Wildman–Crippen MR) is 78.6 cm³/mol. The van der Waals surface area contributed by atoms with Crippen LogP contribution in [0.3, 0.4) is 0 Å². The van der Waals surface area contributed by atoms with Gasteiger partial charge in [0.2, 0.25) is 5.91 Å². The molecule has 3 rings (SSSR count). The monoisotopic (exact) mass is 315 g/mol. The molecule has 0 aromatic rings. The molecule has 2 fully saturated rings. The van der Waals surface area contributed by atoms with Crippen LogP contribution in [0, 0.1) is 5.92 Å². The number of carboxylic acid groups (broad SMARTS) is 1. The predicted octanol–water partition coefficient (Wildman–Crippen LogP) is 0.784. The van der Waals surface area contributed by atoms with Gasteiger partial charge in [0.05, 0.1) is 23.3 Å². The van der Waals surface area contributed by atoms with E-state index in [2.05, 4.69) is 0 Å². The number of aliphatic hydroxyl groups is 1. The molecule has 7 heteroatoms. The first-order valence-corrected chi connectivity index (χ1v) is 8.95. The molecule has 0 bridgehead atoms. The number of hydrogen-bond acceptors (Lipinski definition) is 5. The molecule has 0 saturated carbocycles. The molecule has 0 unspecified atom stereocenters. The van der Waals surface area contributed by atoms with E-state index in [-0.39, 0.29) is 28.1 Å². The molecule has 110 valence electrons. The molecule has 2 N–H and O–H groups in total. The molecule has 3 heterocycles. The molecule has 0 aromatic carbocycles. The molecular formula is C13H17NO4S2. The third-order valence-electron chi connectivity index (χ3n) is 4.35. The van der Waals surface area contributed by atoms with E-state index in [1.54, 1.807) is 30.4 Å². The van der Waals surface area contributed by atoms with Crippen molar-refractivity contribution in [3.63, 3.8) is 0 Å². The molecule has 2 saturated heterocycles. The smallest absolute Gasteiger partial charge is 0.352 e. The molecule has 1 amide bonds. The summed E-state index contributed by atoms with van der Waals surface area (Å²) in [6.07, 6.45) is 2.18. The van der Waals surface area contributed by atoms with Gasteiger partial charge in [-0.15, -0.1) is 0 Å². The average Bonchev–Trinajstić information content (AvgIpc) is 2.69. The number of hydrogen-bond donors (Lipinski definition) is 2. The largest absolute Gasteiger partial charge is 0.477 e. The number of carbonyl (C=O) groups is 2. The lowest BCUT2D eigenvalue weighted by atomic mass is 9.82. The average molecular weight is 315 g/mol. The van der Waals surface area contributed by atoms with Gasteiger partial charge in [0.25, 0.3) is 0 Å². The van der Waals surface area contributed by atoms with Gasteiger partial charge in [0, 0.05) is 5.25 Å². The normalized spacial score (nSPS) is 37.4. The summed E-state index contributed by atoms with van der Waals surface area (Å²) in [6.45, 7) is 1.61. The van der Waals surface area contributed by atoms with Gasteiger partial charge in [-0.3, -0.25) is 4.79 Å². The lowest BCUT2D eigenvalue weighted by Crippen LogP contribution is -2.64. The van der Waals surface area contributed by atoms with Crippen molar-refractivity contribution in [2.45, 2.75) is 36.0 Å². The van der Waals surface area contributed by atoms with E-state index in [9.17, 15) is 19.8 Å². The molecule has 20 heavy (non-hydrogen) atoms. The van der Waals surface area contributed by atoms with Crippen LogP contribution in [0.1, 0.15) is 13.3 Å². The highest BCUT2D eigenvalue weighted by Gasteiger charge is 2.62. The lowest BCUT2D eigenvalue weighted by Gasteiger charge is -2.47. The minimum absolute atomic E-state index is 0.0320. The van der Waals surface area contributed by atoms with Crippen LogP contribution in [-0.4, -0.2) is 61.6 Å². The van der Waals surface area contributed by atoms with Crippen LogP contribution in [-0.2, 0) is 9.59 Å². The van der Waals surface area contributed by atoms with E-state index in [1.807, 2.05) is 6.26 Å².